The van der Waals surface area contributed by atoms with Crippen LogP contribution in [0.2, 0.25) is 5.02 Å². The van der Waals surface area contributed by atoms with E-state index in [0.717, 1.165) is 47.7 Å². The first kappa shape index (κ1) is 60.8. The molecule has 2 atom stereocenters. The Morgan fingerprint density at radius 1 is 1.04 bits per heavy atom. The summed E-state index contributed by atoms with van der Waals surface area (Å²) in [7, 11) is -6.77. The van der Waals surface area contributed by atoms with Crippen LogP contribution in [0, 0.1) is 17.0 Å². The molecule has 25 nitrogen and oxygen atoms in total. The number of hydrogen-bond acceptors (Lipinski definition) is 20. The Morgan fingerprint density at radius 3 is 2.17 bits per heavy atom. The molecule has 2 aromatic carbocycles. The van der Waals surface area contributed by atoms with Crippen LogP contribution in [-0.2, 0) is 50.7 Å². The van der Waals surface area contributed by atoms with Gasteiger partial charge in [0.2, 0.25) is 5.95 Å². The van der Waals surface area contributed by atoms with Crippen molar-refractivity contribution in [1.29, 1.82) is 0 Å². The molecule has 69 heavy (non-hydrogen) atoms. The zero-order chi connectivity index (χ0) is 53.0. The van der Waals surface area contributed by atoms with Crippen LogP contribution >= 0.6 is 30.5 Å². The number of carboxylic acid groups (broad SMARTS) is 2. The van der Waals surface area contributed by atoms with Crippen LogP contribution in [0.25, 0.3) is 0 Å². The van der Waals surface area contributed by atoms with Crippen molar-refractivity contribution in [3.05, 3.63) is 84.8 Å². The normalized spacial score (nSPS) is 12.1. The van der Waals surface area contributed by atoms with Gasteiger partial charge in [-0.1, -0.05) is 11.6 Å². The van der Waals surface area contributed by atoms with Crippen LogP contribution in [0.3, 0.4) is 0 Å². The van der Waals surface area contributed by atoms with E-state index < -0.39 is 104 Å². The molecule has 4 rings (SSSR count). The number of carbonyl (C=O) groups is 5. The monoisotopic (exact) mass is 1080 g/mol. The average molecular weight is 1080 g/mol. The molecule has 4 aromatic rings. The van der Waals surface area contributed by atoms with Crippen molar-refractivity contribution in [2.45, 2.75) is 37.9 Å². The van der Waals surface area contributed by atoms with E-state index in [1.54, 1.807) is 11.6 Å². The number of aromatic carboxylic acids is 1. The number of aliphatic carboxylic acids is 1. The molecule has 2 amide bonds. The molecule has 380 valence electrons. The number of hydrogen-bond donors (Lipinski definition) is 6. The summed E-state index contributed by atoms with van der Waals surface area (Å²) in [5.41, 5.74) is -2.17. The van der Waals surface area contributed by atoms with Crippen molar-refractivity contribution in [3.8, 4) is 17.5 Å². The maximum Gasteiger partial charge on any atom is 0.416 e. The minimum absolute atomic E-state index is 0.0398. The molecule has 2 unspecified atom stereocenters. The minimum atomic E-state index is -4.61. The van der Waals surface area contributed by atoms with Gasteiger partial charge in [0.15, 0.2) is 6.10 Å². The molecular weight excluding hydrogens is 1040 g/mol. The number of benzene rings is 2. The van der Waals surface area contributed by atoms with Crippen molar-refractivity contribution in [2.24, 2.45) is 0 Å². The van der Waals surface area contributed by atoms with E-state index in [1.807, 2.05) is 5.32 Å². The number of amides is 2. The van der Waals surface area contributed by atoms with Crippen molar-refractivity contribution in [2.75, 3.05) is 50.6 Å². The minimum Gasteiger partial charge on any atom is -0.778 e. The first-order valence-corrected chi connectivity index (χ1v) is 25.3. The number of urea groups is 1. The predicted octanol–water partition coefficient (Wildman–Crippen LogP) is 4.28. The highest BCUT2D eigenvalue weighted by Crippen LogP contribution is 2.37. The lowest BCUT2D eigenvalue weighted by molar-refractivity contribution is -0.385. The van der Waals surface area contributed by atoms with Crippen LogP contribution in [0.4, 0.5) is 29.6 Å². The number of carbonyl (C=O) groups excluding carboxylic acids is 3. The highest BCUT2D eigenvalue weighted by atomic mass is 35.5. The van der Waals surface area contributed by atoms with Crippen LogP contribution in [0.15, 0.2) is 52.7 Å². The Kier molecular flexibility index (Phi) is 24.4. The lowest BCUT2D eigenvalue weighted by Crippen LogP contribution is -2.35. The number of ether oxygens (including phenoxy) is 4. The molecule has 2 aromatic heterocycles. The lowest BCUT2D eigenvalue weighted by atomic mass is 10.1. The number of carboxylic acids is 2. The van der Waals surface area contributed by atoms with Crippen molar-refractivity contribution >= 4 is 93.0 Å². The second-order valence-electron chi connectivity index (χ2n) is 13.0. The molecule has 0 radical (unpaired) electrons. The molecule has 33 heteroatoms. The third-order valence-corrected chi connectivity index (χ3v) is 10.2. The van der Waals surface area contributed by atoms with Gasteiger partial charge in [0.25, 0.3) is 15.7 Å². The standard InChI is InChI=1S/C19H15ClF3NO7.C11H11N5O6S2.C3H8NO5P.C3H9S/c1-3-29-17(25)10(2)30-18(26)13-9-12(5-6-15(13)24(27)28)31-16-7-4-11(8-14(16)20)19(21,22)23;1-5-12-9(15-11(13-5)22-2)14-10(19)16-24(20,21)6-3-4-23-7(6)8(17)18;5-3(6)1-4-2-10(7,8)9;1-4(2)3/h4-10H,3H2,1-2H3;3-4H,1-2H3,(H,17,18)(H2,12,13,14,15,16,19);4H,1-2H2,(H,5,6)(H2,7,8,9);1-3H3/q;;;+1/p-1. The summed E-state index contributed by atoms with van der Waals surface area (Å²) in [6.07, 6.45) is -0.0672. The van der Waals surface area contributed by atoms with Crippen LogP contribution < -0.4 is 29.7 Å². The Balaban J connectivity index is 0.000000551. The summed E-state index contributed by atoms with van der Waals surface area (Å²) >= 11 is 6.55. The average Bonchev–Trinajstić information content (AvgIpc) is 3.73. The number of nitro benzene ring substituents is 1. The van der Waals surface area contributed by atoms with E-state index in [0.29, 0.717) is 17.0 Å². The number of aryl methyl sites for hydroxylation is 1. The summed E-state index contributed by atoms with van der Waals surface area (Å²) < 4.78 is 93.9. The van der Waals surface area contributed by atoms with Gasteiger partial charge in [-0.25, -0.2) is 32.3 Å². The summed E-state index contributed by atoms with van der Waals surface area (Å²) in [5, 5.41) is 33.2. The molecule has 0 aliphatic carbocycles. The van der Waals surface area contributed by atoms with E-state index in [4.69, 9.17) is 45.7 Å². The topological polar surface area (TPSA) is 375 Å². The van der Waals surface area contributed by atoms with Gasteiger partial charge in [0.05, 0.1) is 60.8 Å². The zero-order valence-electron chi connectivity index (χ0n) is 36.8. The fraction of sp³-hybridized carbons (Fsp3) is 0.333. The summed E-state index contributed by atoms with van der Waals surface area (Å²) in [4.78, 5) is 95.4. The molecule has 0 aliphatic rings. The van der Waals surface area contributed by atoms with E-state index in [9.17, 15) is 65.1 Å². The van der Waals surface area contributed by atoms with Crippen molar-refractivity contribution < 1.29 is 94.0 Å². The maximum atomic E-state index is 12.8. The van der Waals surface area contributed by atoms with E-state index in [2.05, 4.69) is 39.0 Å². The van der Waals surface area contributed by atoms with Gasteiger partial charge in [-0.3, -0.25) is 25.5 Å². The fourth-order valence-electron chi connectivity index (χ4n) is 4.20. The largest absolute Gasteiger partial charge is 0.778 e. The number of sulfonamides is 1. The zero-order valence-corrected chi connectivity index (χ0v) is 40.9. The predicted molar refractivity (Wildman–Crippen MR) is 238 cm³/mol. The van der Waals surface area contributed by atoms with Crippen molar-refractivity contribution in [3.63, 3.8) is 0 Å². The summed E-state index contributed by atoms with van der Waals surface area (Å²) in [6, 6.07) is 5.23. The molecule has 0 spiro atoms. The second kappa shape index (κ2) is 27.7. The molecule has 0 saturated heterocycles. The SMILES string of the molecule is CCOC(=O)C(C)OC(=O)c1cc(Oc2ccc(C(F)(F)F)cc2Cl)ccc1[N+](=O)[O-].COc1nc(C)nc(NC(=O)NS(=O)(=O)c2ccsc2C(=O)O)n1.C[S+](C)C.O=C(O)CNCP(=O)([O-])O. The molecule has 0 bridgehead atoms. The number of nitrogens with zero attached hydrogens (tertiary/aromatic N) is 4. The highest BCUT2D eigenvalue weighted by Gasteiger charge is 2.32. The van der Waals surface area contributed by atoms with E-state index >= 15 is 0 Å². The fourth-order valence-corrected chi connectivity index (χ4v) is 6.98. The number of esters is 2. The van der Waals surface area contributed by atoms with Gasteiger partial charge < -0.3 is 43.5 Å². The van der Waals surface area contributed by atoms with E-state index in [1.165, 1.54) is 26.3 Å². The Labute approximate surface area is 401 Å². The molecule has 0 aliphatic heterocycles. The van der Waals surface area contributed by atoms with Gasteiger partial charge in [-0.05, 0) is 67.4 Å². The third-order valence-electron chi connectivity index (χ3n) is 6.84. The highest BCUT2D eigenvalue weighted by molar-refractivity contribution is 7.94. The molecule has 2 heterocycles. The van der Waals surface area contributed by atoms with Gasteiger partial charge in [0.1, 0.15) is 40.3 Å². The van der Waals surface area contributed by atoms with Crippen LogP contribution in [-0.4, -0.2) is 125 Å². The first-order valence-electron chi connectivity index (χ1n) is 18.4. The van der Waals surface area contributed by atoms with Gasteiger partial charge in [-0.15, -0.1) is 11.3 Å². The number of rotatable bonds is 16. The summed E-state index contributed by atoms with van der Waals surface area (Å²) in [6.45, 7) is 3.86. The Morgan fingerprint density at radius 2 is 1.67 bits per heavy atom. The number of anilines is 1. The Bertz CT molecular complexity index is 2620. The second-order valence-corrected chi connectivity index (χ2v) is 20.0. The van der Waals surface area contributed by atoms with Gasteiger partial charge in [-0.2, -0.15) is 28.1 Å². The molecule has 0 fully saturated rings. The number of aromatic nitrogens is 3. The quantitative estimate of drug-likeness (QED) is 0.0300. The van der Waals surface area contributed by atoms with Gasteiger partial charge in [0, 0.05) is 12.1 Å². The first-order chi connectivity index (χ1) is 31.8. The molecule has 0 saturated carbocycles. The number of nitro groups is 1. The molecular formula is C36H42ClF3N7O18PS3. The number of halogens is 4. The van der Waals surface area contributed by atoms with Gasteiger partial charge >= 0.3 is 42.1 Å². The van der Waals surface area contributed by atoms with E-state index in [-0.39, 0.29) is 40.9 Å². The number of methoxy groups -OCH3 is 1. The van der Waals surface area contributed by atoms with Crippen LogP contribution in [0.5, 0.6) is 17.5 Å². The number of alkyl halides is 3. The number of nitrogens with one attached hydrogen (secondary N) is 3. The smallest absolute Gasteiger partial charge is 0.416 e. The summed E-state index contributed by atoms with van der Waals surface area (Å²) in [5.74, 6) is -4.93. The molecule has 6 N–H and O–H groups in total. The lowest BCUT2D eigenvalue weighted by Gasteiger charge is -2.14. The Hall–Kier alpha value is -6.21. The third kappa shape index (κ3) is 22.6. The van der Waals surface area contributed by atoms with Crippen LogP contribution in [0.1, 0.15) is 45.3 Å². The van der Waals surface area contributed by atoms with Crippen molar-refractivity contribution in [1.82, 2.24) is 25.0 Å². The maximum absolute atomic E-state index is 12.8. The number of thiophene rings is 1.